The van der Waals surface area contributed by atoms with Gasteiger partial charge < -0.3 is 10.5 Å². The molecule has 0 aliphatic heterocycles. The molecule has 1 unspecified atom stereocenters. The maximum absolute atomic E-state index is 5.85. The summed E-state index contributed by atoms with van der Waals surface area (Å²) in [6.45, 7) is 2.75. The maximum Gasteiger partial charge on any atom is 0.119 e. The molecular weight excluding hydrogens is 222 g/mol. The maximum atomic E-state index is 5.85. The summed E-state index contributed by atoms with van der Waals surface area (Å²) >= 11 is 0. The molecule has 0 radical (unpaired) electrons. The molecule has 0 bridgehead atoms. The van der Waals surface area contributed by atoms with Crippen LogP contribution in [0.2, 0.25) is 0 Å². The van der Waals surface area contributed by atoms with Gasteiger partial charge in [-0.15, -0.1) is 0 Å². The molecular formula is C16H17NO. The molecule has 0 spiro atoms. The first-order valence-electron chi connectivity index (χ1n) is 6.31. The van der Waals surface area contributed by atoms with E-state index in [0.717, 1.165) is 30.0 Å². The molecule has 2 nitrogen and oxygen atoms in total. The highest BCUT2D eigenvalue weighted by atomic mass is 16.5. The average molecular weight is 239 g/mol. The highest BCUT2D eigenvalue weighted by Crippen LogP contribution is 2.35. The van der Waals surface area contributed by atoms with Gasteiger partial charge in [-0.25, -0.2) is 0 Å². The van der Waals surface area contributed by atoms with Gasteiger partial charge in [-0.2, -0.15) is 0 Å². The standard InChI is InChI=1S/C16H17NO/c1-11-8-14(6-7-16(11)17)18-10-13-9-12-4-2-3-5-15(12)13/h2-8,13H,9-10,17H2,1H3. The Balaban J connectivity index is 1.65. The van der Waals surface area contributed by atoms with Crippen molar-refractivity contribution >= 4 is 5.69 Å². The fourth-order valence-corrected chi connectivity index (χ4v) is 2.45. The Bertz CT molecular complexity index is 577. The van der Waals surface area contributed by atoms with Crippen molar-refractivity contribution in [2.24, 2.45) is 0 Å². The summed E-state index contributed by atoms with van der Waals surface area (Å²) in [5, 5.41) is 0. The van der Waals surface area contributed by atoms with Gasteiger partial charge >= 0.3 is 0 Å². The molecule has 2 heteroatoms. The molecule has 0 saturated carbocycles. The minimum absolute atomic E-state index is 0.541. The second-order valence-corrected chi connectivity index (χ2v) is 4.93. The van der Waals surface area contributed by atoms with E-state index in [1.807, 2.05) is 25.1 Å². The van der Waals surface area contributed by atoms with Crippen molar-refractivity contribution < 1.29 is 4.74 Å². The van der Waals surface area contributed by atoms with E-state index in [2.05, 4.69) is 24.3 Å². The van der Waals surface area contributed by atoms with E-state index in [1.165, 1.54) is 11.1 Å². The molecule has 1 aliphatic rings. The fourth-order valence-electron chi connectivity index (χ4n) is 2.45. The Morgan fingerprint density at radius 3 is 2.83 bits per heavy atom. The van der Waals surface area contributed by atoms with Gasteiger partial charge in [-0.1, -0.05) is 24.3 Å². The zero-order valence-electron chi connectivity index (χ0n) is 10.5. The van der Waals surface area contributed by atoms with E-state index in [-0.39, 0.29) is 0 Å². The highest BCUT2D eigenvalue weighted by molar-refractivity contribution is 5.49. The molecule has 0 heterocycles. The lowest BCUT2D eigenvalue weighted by atomic mass is 9.78. The van der Waals surface area contributed by atoms with Gasteiger partial charge in [0.2, 0.25) is 0 Å². The van der Waals surface area contributed by atoms with Crippen molar-refractivity contribution in [3.05, 3.63) is 59.2 Å². The van der Waals surface area contributed by atoms with E-state index >= 15 is 0 Å². The van der Waals surface area contributed by atoms with Gasteiger partial charge in [0.05, 0.1) is 6.61 Å². The lowest BCUT2D eigenvalue weighted by Gasteiger charge is -2.29. The van der Waals surface area contributed by atoms with Gasteiger partial charge in [0.1, 0.15) is 5.75 Å². The van der Waals surface area contributed by atoms with Crippen LogP contribution in [0.1, 0.15) is 22.6 Å². The summed E-state index contributed by atoms with van der Waals surface area (Å²) < 4.78 is 5.85. The number of ether oxygens (including phenoxy) is 1. The van der Waals surface area contributed by atoms with Crippen LogP contribution >= 0.6 is 0 Å². The summed E-state index contributed by atoms with van der Waals surface area (Å²) in [6.07, 6.45) is 1.13. The Kier molecular flexibility index (Phi) is 2.71. The molecule has 0 fully saturated rings. The predicted molar refractivity (Wildman–Crippen MR) is 74.0 cm³/mol. The smallest absolute Gasteiger partial charge is 0.119 e. The predicted octanol–water partition coefficient (Wildman–Crippen LogP) is 3.30. The van der Waals surface area contributed by atoms with E-state index in [1.54, 1.807) is 0 Å². The zero-order valence-corrected chi connectivity index (χ0v) is 10.5. The van der Waals surface area contributed by atoms with Crippen molar-refractivity contribution in [3.63, 3.8) is 0 Å². The molecule has 92 valence electrons. The molecule has 1 aliphatic carbocycles. The zero-order chi connectivity index (χ0) is 12.5. The van der Waals surface area contributed by atoms with E-state index < -0.39 is 0 Å². The quantitative estimate of drug-likeness (QED) is 0.834. The molecule has 0 aromatic heterocycles. The number of aryl methyl sites for hydroxylation is 1. The van der Waals surface area contributed by atoms with Crippen LogP contribution in [0.3, 0.4) is 0 Å². The highest BCUT2D eigenvalue weighted by Gasteiger charge is 2.25. The molecule has 2 aromatic carbocycles. The van der Waals surface area contributed by atoms with E-state index in [4.69, 9.17) is 10.5 Å². The summed E-state index contributed by atoms with van der Waals surface area (Å²) in [5.41, 5.74) is 10.6. The third-order valence-electron chi connectivity index (χ3n) is 3.65. The molecule has 2 N–H and O–H groups in total. The second kappa shape index (κ2) is 4.37. The molecule has 0 saturated heterocycles. The van der Waals surface area contributed by atoms with Crippen molar-refractivity contribution in [3.8, 4) is 5.75 Å². The first-order chi connectivity index (χ1) is 8.74. The monoisotopic (exact) mass is 239 g/mol. The van der Waals surface area contributed by atoms with Gasteiger partial charge in [-0.3, -0.25) is 0 Å². The summed E-state index contributed by atoms with van der Waals surface area (Å²) in [6, 6.07) is 14.4. The van der Waals surface area contributed by atoms with Crippen LogP contribution < -0.4 is 10.5 Å². The van der Waals surface area contributed by atoms with Gasteiger partial charge in [-0.05, 0) is 48.2 Å². The minimum atomic E-state index is 0.541. The Morgan fingerprint density at radius 2 is 2.06 bits per heavy atom. The third kappa shape index (κ3) is 1.94. The van der Waals surface area contributed by atoms with Crippen LogP contribution in [0.25, 0.3) is 0 Å². The summed E-state index contributed by atoms with van der Waals surface area (Å²) in [7, 11) is 0. The number of hydrogen-bond donors (Lipinski definition) is 1. The number of nitrogens with two attached hydrogens (primary N) is 1. The molecule has 0 amide bonds. The Hall–Kier alpha value is -1.96. The van der Waals surface area contributed by atoms with Crippen molar-refractivity contribution in [2.75, 3.05) is 12.3 Å². The van der Waals surface area contributed by atoms with Gasteiger partial charge in [0.15, 0.2) is 0 Å². The first kappa shape index (κ1) is 11.1. The SMILES string of the molecule is Cc1cc(OCC2Cc3ccccc32)ccc1N. The number of nitrogen functional groups attached to an aromatic ring is 1. The number of hydrogen-bond acceptors (Lipinski definition) is 2. The van der Waals surface area contributed by atoms with E-state index in [9.17, 15) is 0 Å². The van der Waals surface area contributed by atoms with Crippen LogP contribution in [-0.4, -0.2) is 6.61 Å². The number of benzene rings is 2. The molecule has 3 rings (SSSR count). The molecule has 2 aromatic rings. The van der Waals surface area contributed by atoms with E-state index in [0.29, 0.717) is 5.92 Å². The van der Waals surface area contributed by atoms with Crippen LogP contribution in [0.5, 0.6) is 5.75 Å². The Labute approximate surface area is 107 Å². The Morgan fingerprint density at radius 1 is 1.22 bits per heavy atom. The molecule has 18 heavy (non-hydrogen) atoms. The van der Waals surface area contributed by atoms with Crippen LogP contribution in [0, 0.1) is 6.92 Å². The van der Waals surface area contributed by atoms with Crippen molar-refractivity contribution in [1.29, 1.82) is 0 Å². The van der Waals surface area contributed by atoms with Crippen LogP contribution in [-0.2, 0) is 6.42 Å². The first-order valence-corrected chi connectivity index (χ1v) is 6.31. The van der Waals surface area contributed by atoms with Gasteiger partial charge in [0.25, 0.3) is 0 Å². The number of anilines is 1. The summed E-state index contributed by atoms with van der Waals surface area (Å²) in [4.78, 5) is 0. The van der Waals surface area contributed by atoms with Crippen LogP contribution in [0.15, 0.2) is 42.5 Å². The number of rotatable bonds is 3. The topological polar surface area (TPSA) is 35.2 Å². The van der Waals surface area contributed by atoms with Gasteiger partial charge in [0, 0.05) is 11.6 Å². The number of fused-ring (bicyclic) bond motifs is 1. The second-order valence-electron chi connectivity index (χ2n) is 4.93. The summed E-state index contributed by atoms with van der Waals surface area (Å²) in [5.74, 6) is 1.45. The lowest BCUT2D eigenvalue weighted by Crippen LogP contribution is -2.23. The molecule has 1 atom stereocenters. The minimum Gasteiger partial charge on any atom is -0.493 e. The lowest BCUT2D eigenvalue weighted by molar-refractivity contribution is 0.275. The van der Waals surface area contributed by atoms with Crippen LogP contribution in [0.4, 0.5) is 5.69 Å². The fraction of sp³-hybridized carbons (Fsp3) is 0.250. The average Bonchev–Trinajstić information content (AvgIpc) is 2.35. The normalized spacial score (nSPS) is 16.8. The third-order valence-corrected chi connectivity index (χ3v) is 3.65. The van der Waals surface area contributed by atoms with Crippen molar-refractivity contribution in [1.82, 2.24) is 0 Å². The van der Waals surface area contributed by atoms with Crippen molar-refractivity contribution in [2.45, 2.75) is 19.3 Å². The largest absolute Gasteiger partial charge is 0.493 e.